The zero-order chi connectivity index (χ0) is 16.9. The summed E-state index contributed by atoms with van der Waals surface area (Å²) < 4.78 is 0. The summed E-state index contributed by atoms with van der Waals surface area (Å²) in [6.45, 7) is 4.66. The number of nitrogens with one attached hydrogen (secondary N) is 2. The Morgan fingerprint density at radius 2 is 1.96 bits per heavy atom. The molecule has 140 valence electrons. The van der Waals surface area contributed by atoms with E-state index >= 15 is 0 Å². The van der Waals surface area contributed by atoms with Crippen LogP contribution < -0.4 is 10.6 Å². The standard InChI is InChI=1S/C18H25Cl2N3O.ClH/c19-15-7-14(8-16(20)9-15)12-23-6-2-3-13(11-23)10-22-18(24)17-4-1-5-21-17;/h7-9,13,17,21H,1-6,10-12H2,(H,22,24);1H. The van der Waals surface area contributed by atoms with Gasteiger partial charge in [-0.2, -0.15) is 0 Å². The second kappa shape index (κ2) is 9.98. The molecule has 2 heterocycles. The first-order valence-corrected chi connectivity index (χ1v) is 9.54. The Hall–Kier alpha value is -0.520. The van der Waals surface area contributed by atoms with Gasteiger partial charge in [0.05, 0.1) is 6.04 Å². The SMILES string of the molecule is Cl.O=C(NCC1CCCN(Cc2cc(Cl)cc(Cl)c2)C1)C1CCCN1. The van der Waals surface area contributed by atoms with Crippen LogP contribution in [0.1, 0.15) is 31.2 Å². The second-order valence-electron chi connectivity index (χ2n) is 6.92. The van der Waals surface area contributed by atoms with Crippen LogP contribution in [0.2, 0.25) is 10.0 Å². The predicted molar refractivity (Wildman–Crippen MR) is 106 cm³/mol. The van der Waals surface area contributed by atoms with Crippen LogP contribution in [0.3, 0.4) is 0 Å². The van der Waals surface area contributed by atoms with Gasteiger partial charge < -0.3 is 10.6 Å². The van der Waals surface area contributed by atoms with Crippen molar-refractivity contribution in [3.8, 4) is 0 Å². The summed E-state index contributed by atoms with van der Waals surface area (Å²) in [5, 5.41) is 7.74. The van der Waals surface area contributed by atoms with Crippen molar-refractivity contribution >= 4 is 41.5 Å². The van der Waals surface area contributed by atoms with Gasteiger partial charge >= 0.3 is 0 Å². The first-order chi connectivity index (χ1) is 11.6. The van der Waals surface area contributed by atoms with Crippen LogP contribution in [-0.2, 0) is 11.3 Å². The number of amides is 1. The van der Waals surface area contributed by atoms with Gasteiger partial charge in [-0.1, -0.05) is 23.2 Å². The molecule has 4 nitrogen and oxygen atoms in total. The number of likely N-dealkylation sites (tertiary alicyclic amines) is 1. The van der Waals surface area contributed by atoms with Gasteiger partial charge in [-0.05, 0) is 68.5 Å². The first-order valence-electron chi connectivity index (χ1n) is 8.78. The summed E-state index contributed by atoms with van der Waals surface area (Å²) >= 11 is 12.2. The Labute approximate surface area is 166 Å². The lowest BCUT2D eigenvalue weighted by Gasteiger charge is -2.33. The number of carbonyl (C=O) groups is 1. The summed E-state index contributed by atoms with van der Waals surface area (Å²) in [4.78, 5) is 14.5. The Morgan fingerprint density at radius 3 is 2.64 bits per heavy atom. The van der Waals surface area contributed by atoms with Gasteiger partial charge in [-0.15, -0.1) is 12.4 Å². The molecule has 2 saturated heterocycles. The monoisotopic (exact) mass is 405 g/mol. The molecule has 7 heteroatoms. The minimum Gasteiger partial charge on any atom is -0.354 e. The van der Waals surface area contributed by atoms with Crippen molar-refractivity contribution in [2.75, 3.05) is 26.2 Å². The van der Waals surface area contributed by atoms with E-state index in [9.17, 15) is 4.79 Å². The molecule has 0 aliphatic carbocycles. The number of halogens is 3. The van der Waals surface area contributed by atoms with Crippen molar-refractivity contribution in [2.45, 2.75) is 38.3 Å². The molecule has 25 heavy (non-hydrogen) atoms. The molecular weight excluding hydrogens is 381 g/mol. The quantitative estimate of drug-likeness (QED) is 0.786. The average molecular weight is 407 g/mol. The van der Waals surface area contributed by atoms with Gasteiger partial charge in [-0.25, -0.2) is 0 Å². The van der Waals surface area contributed by atoms with Gasteiger partial charge in [0.25, 0.3) is 0 Å². The fraction of sp³-hybridized carbons (Fsp3) is 0.611. The highest BCUT2D eigenvalue weighted by Gasteiger charge is 2.24. The molecule has 0 aromatic heterocycles. The summed E-state index contributed by atoms with van der Waals surface area (Å²) in [6.07, 6.45) is 4.39. The topological polar surface area (TPSA) is 44.4 Å². The summed E-state index contributed by atoms with van der Waals surface area (Å²) in [5.41, 5.74) is 1.15. The first kappa shape index (κ1) is 20.8. The number of nitrogens with zero attached hydrogens (tertiary/aromatic N) is 1. The largest absolute Gasteiger partial charge is 0.354 e. The molecule has 1 aromatic carbocycles. The molecule has 0 saturated carbocycles. The molecule has 0 radical (unpaired) electrons. The summed E-state index contributed by atoms with van der Waals surface area (Å²) in [7, 11) is 0. The number of benzene rings is 1. The number of piperidine rings is 1. The molecule has 2 unspecified atom stereocenters. The van der Waals surface area contributed by atoms with Crippen molar-refractivity contribution in [1.29, 1.82) is 0 Å². The zero-order valence-electron chi connectivity index (χ0n) is 14.3. The molecule has 3 rings (SSSR count). The van der Waals surface area contributed by atoms with Crippen LogP contribution >= 0.6 is 35.6 Å². The third-order valence-electron chi connectivity index (χ3n) is 4.87. The van der Waals surface area contributed by atoms with Crippen LogP contribution in [0.15, 0.2) is 18.2 Å². The third-order valence-corrected chi connectivity index (χ3v) is 5.31. The summed E-state index contributed by atoms with van der Waals surface area (Å²) in [6, 6.07) is 5.73. The van der Waals surface area contributed by atoms with E-state index in [-0.39, 0.29) is 24.4 Å². The van der Waals surface area contributed by atoms with Gasteiger partial charge in [-0.3, -0.25) is 9.69 Å². The van der Waals surface area contributed by atoms with E-state index in [4.69, 9.17) is 23.2 Å². The van der Waals surface area contributed by atoms with E-state index in [1.807, 2.05) is 12.1 Å². The van der Waals surface area contributed by atoms with Gasteiger partial charge in [0, 0.05) is 29.7 Å². The number of rotatable bonds is 5. The maximum absolute atomic E-state index is 12.1. The van der Waals surface area contributed by atoms with E-state index < -0.39 is 0 Å². The Balaban J connectivity index is 0.00000225. The van der Waals surface area contributed by atoms with Crippen LogP contribution in [0.4, 0.5) is 0 Å². The van der Waals surface area contributed by atoms with Crippen LogP contribution in [-0.4, -0.2) is 43.0 Å². The molecule has 2 N–H and O–H groups in total. The highest BCUT2D eigenvalue weighted by atomic mass is 35.5. The van der Waals surface area contributed by atoms with Gasteiger partial charge in [0.15, 0.2) is 0 Å². The highest BCUT2D eigenvalue weighted by Crippen LogP contribution is 2.23. The lowest BCUT2D eigenvalue weighted by Crippen LogP contribution is -2.45. The van der Waals surface area contributed by atoms with E-state index in [0.717, 1.165) is 57.5 Å². The minimum atomic E-state index is 0. The lowest BCUT2D eigenvalue weighted by molar-refractivity contribution is -0.123. The van der Waals surface area contributed by atoms with Crippen molar-refractivity contribution < 1.29 is 4.79 Å². The maximum atomic E-state index is 12.1. The predicted octanol–water partition coefficient (Wildman–Crippen LogP) is 3.50. The molecule has 0 bridgehead atoms. The molecular formula is C18H26Cl3N3O. The third kappa shape index (κ3) is 6.30. The second-order valence-corrected chi connectivity index (χ2v) is 7.79. The molecule has 2 atom stereocenters. The molecule has 2 aliphatic rings. The minimum absolute atomic E-state index is 0. The zero-order valence-corrected chi connectivity index (χ0v) is 16.6. The Bertz CT molecular complexity index is 558. The van der Waals surface area contributed by atoms with Crippen LogP contribution in [0, 0.1) is 5.92 Å². The van der Waals surface area contributed by atoms with Crippen LogP contribution in [0.25, 0.3) is 0 Å². The normalized spacial score (nSPS) is 23.9. The molecule has 1 aromatic rings. The number of hydrogen-bond acceptors (Lipinski definition) is 3. The van der Waals surface area contributed by atoms with Crippen molar-refractivity contribution in [3.63, 3.8) is 0 Å². The van der Waals surface area contributed by atoms with Crippen molar-refractivity contribution in [1.82, 2.24) is 15.5 Å². The van der Waals surface area contributed by atoms with E-state index in [0.29, 0.717) is 16.0 Å². The van der Waals surface area contributed by atoms with E-state index in [1.165, 1.54) is 6.42 Å². The molecule has 2 aliphatic heterocycles. The number of hydrogen-bond donors (Lipinski definition) is 2. The molecule has 0 spiro atoms. The highest BCUT2D eigenvalue weighted by molar-refractivity contribution is 6.34. The van der Waals surface area contributed by atoms with Crippen molar-refractivity contribution in [2.24, 2.45) is 5.92 Å². The lowest BCUT2D eigenvalue weighted by atomic mass is 9.97. The molecule has 2 fully saturated rings. The molecule has 1 amide bonds. The van der Waals surface area contributed by atoms with E-state index in [1.54, 1.807) is 6.07 Å². The summed E-state index contributed by atoms with van der Waals surface area (Å²) in [5.74, 6) is 0.671. The van der Waals surface area contributed by atoms with Crippen LogP contribution in [0.5, 0.6) is 0 Å². The fourth-order valence-electron chi connectivity index (χ4n) is 3.70. The Kier molecular flexibility index (Phi) is 8.30. The van der Waals surface area contributed by atoms with Gasteiger partial charge in [0.1, 0.15) is 0 Å². The average Bonchev–Trinajstić information content (AvgIpc) is 3.06. The number of carbonyl (C=O) groups excluding carboxylic acids is 1. The smallest absolute Gasteiger partial charge is 0.237 e. The van der Waals surface area contributed by atoms with E-state index in [2.05, 4.69) is 15.5 Å². The fourth-order valence-corrected chi connectivity index (χ4v) is 4.27. The van der Waals surface area contributed by atoms with Gasteiger partial charge in [0.2, 0.25) is 5.91 Å². The van der Waals surface area contributed by atoms with Crippen molar-refractivity contribution in [3.05, 3.63) is 33.8 Å². The Morgan fingerprint density at radius 1 is 1.20 bits per heavy atom. The maximum Gasteiger partial charge on any atom is 0.237 e.